The molecule has 1 aliphatic heterocycles. The van der Waals surface area contributed by atoms with Crippen molar-refractivity contribution in [3.05, 3.63) is 58.4 Å². The van der Waals surface area contributed by atoms with Gasteiger partial charge in [-0.1, -0.05) is 23.7 Å². The number of hydrogen-bond acceptors (Lipinski definition) is 3. The summed E-state index contributed by atoms with van der Waals surface area (Å²) in [7, 11) is 0. The number of nitrogens with one attached hydrogen (secondary N) is 2. The third-order valence-electron chi connectivity index (χ3n) is 5.68. The van der Waals surface area contributed by atoms with Crippen LogP contribution in [-0.2, 0) is 4.79 Å². The number of carbonyl (C=O) groups is 1. The van der Waals surface area contributed by atoms with Gasteiger partial charge in [0.05, 0.1) is 17.6 Å². The van der Waals surface area contributed by atoms with Crippen LogP contribution in [0, 0.1) is 13.8 Å². The fraction of sp³-hybridized carbons (Fsp3) is 0.364. The second kappa shape index (κ2) is 7.94. The van der Waals surface area contributed by atoms with Gasteiger partial charge in [-0.15, -0.1) is 0 Å². The van der Waals surface area contributed by atoms with E-state index in [-0.39, 0.29) is 5.91 Å². The summed E-state index contributed by atoms with van der Waals surface area (Å²) in [6.45, 7) is 6.31. The molecule has 4 rings (SSSR count). The summed E-state index contributed by atoms with van der Waals surface area (Å²) in [4.78, 5) is 22.8. The number of benzene rings is 2. The Morgan fingerprint density at radius 2 is 2.04 bits per heavy atom. The number of aromatic amines is 1. The van der Waals surface area contributed by atoms with Crippen molar-refractivity contribution in [2.45, 2.75) is 32.6 Å². The lowest BCUT2D eigenvalue weighted by atomic mass is 9.96. The molecule has 0 saturated carbocycles. The summed E-state index contributed by atoms with van der Waals surface area (Å²) in [6.07, 6.45) is 1.98. The zero-order valence-electron chi connectivity index (χ0n) is 16.3. The Hall–Kier alpha value is -2.37. The van der Waals surface area contributed by atoms with Crippen molar-refractivity contribution in [3.8, 4) is 0 Å². The van der Waals surface area contributed by atoms with Crippen molar-refractivity contribution >= 4 is 34.2 Å². The highest BCUT2D eigenvalue weighted by atomic mass is 35.5. The van der Waals surface area contributed by atoms with Crippen LogP contribution in [0.3, 0.4) is 0 Å². The molecule has 2 aromatic carbocycles. The molecular formula is C22H25ClN4O. The molecule has 3 aromatic rings. The maximum Gasteiger partial charge on any atom is 0.238 e. The van der Waals surface area contributed by atoms with E-state index in [4.69, 9.17) is 16.6 Å². The quantitative estimate of drug-likeness (QED) is 0.674. The van der Waals surface area contributed by atoms with E-state index in [0.29, 0.717) is 17.5 Å². The molecule has 28 heavy (non-hydrogen) atoms. The number of imidazole rings is 1. The Bertz CT molecular complexity index is 1000. The van der Waals surface area contributed by atoms with Crippen LogP contribution in [0.4, 0.5) is 5.69 Å². The molecule has 0 radical (unpaired) electrons. The summed E-state index contributed by atoms with van der Waals surface area (Å²) in [5.41, 5.74) is 5.15. The Balaban J connectivity index is 1.33. The molecule has 0 bridgehead atoms. The maximum atomic E-state index is 12.5. The number of rotatable bonds is 4. The van der Waals surface area contributed by atoms with Gasteiger partial charge in [-0.3, -0.25) is 9.69 Å². The fourth-order valence-corrected chi connectivity index (χ4v) is 4.01. The predicted octanol–water partition coefficient (Wildman–Crippen LogP) is 4.65. The molecule has 1 fully saturated rings. The number of amides is 1. The highest BCUT2D eigenvalue weighted by Crippen LogP contribution is 2.28. The van der Waals surface area contributed by atoms with Crippen LogP contribution in [0.25, 0.3) is 11.0 Å². The minimum atomic E-state index is 0.0468. The summed E-state index contributed by atoms with van der Waals surface area (Å²) in [5.74, 6) is 1.46. The second-order valence-corrected chi connectivity index (χ2v) is 8.07. The molecule has 0 aliphatic carbocycles. The van der Waals surface area contributed by atoms with Crippen molar-refractivity contribution in [2.24, 2.45) is 0 Å². The number of fused-ring (bicyclic) bond motifs is 1. The van der Waals surface area contributed by atoms with Crippen molar-refractivity contribution in [1.29, 1.82) is 0 Å². The lowest BCUT2D eigenvalue weighted by molar-refractivity contribution is -0.117. The van der Waals surface area contributed by atoms with E-state index < -0.39 is 0 Å². The topological polar surface area (TPSA) is 61.0 Å². The molecule has 146 valence electrons. The molecule has 1 aliphatic rings. The van der Waals surface area contributed by atoms with Gasteiger partial charge in [-0.25, -0.2) is 4.98 Å². The molecule has 0 atom stereocenters. The highest BCUT2D eigenvalue weighted by Gasteiger charge is 2.24. The number of anilines is 1. The van der Waals surface area contributed by atoms with Gasteiger partial charge in [0.15, 0.2) is 0 Å². The number of hydrogen-bond donors (Lipinski definition) is 2. The van der Waals surface area contributed by atoms with Gasteiger partial charge in [-0.2, -0.15) is 0 Å². The average molecular weight is 397 g/mol. The molecule has 1 amide bonds. The van der Waals surface area contributed by atoms with E-state index in [2.05, 4.69) is 28.2 Å². The van der Waals surface area contributed by atoms with E-state index >= 15 is 0 Å². The van der Waals surface area contributed by atoms with Crippen molar-refractivity contribution in [1.82, 2.24) is 14.9 Å². The van der Waals surface area contributed by atoms with E-state index in [1.165, 1.54) is 5.56 Å². The zero-order valence-corrected chi connectivity index (χ0v) is 17.0. The monoisotopic (exact) mass is 396 g/mol. The molecule has 0 spiro atoms. The van der Waals surface area contributed by atoms with Crippen molar-refractivity contribution in [3.63, 3.8) is 0 Å². The number of piperidine rings is 1. The molecule has 1 aromatic heterocycles. The maximum absolute atomic E-state index is 12.5. The molecule has 5 nitrogen and oxygen atoms in total. The van der Waals surface area contributed by atoms with Crippen molar-refractivity contribution in [2.75, 3.05) is 25.0 Å². The normalized spacial score (nSPS) is 15.8. The SMILES string of the molecule is Cc1cccc(NC(=O)CN2CCC(c3nc4ccc(Cl)cc4[nH]3)CC2)c1C. The first-order valence-corrected chi connectivity index (χ1v) is 10.1. The third-order valence-corrected chi connectivity index (χ3v) is 5.92. The Morgan fingerprint density at radius 3 is 2.82 bits per heavy atom. The standard InChI is InChI=1S/C22H25ClN4O/c1-14-4-3-5-18(15(14)2)24-21(28)13-27-10-8-16(9-11-27)22-25-19-7-6-17(23)12-20(19)26-22/h3-7,12,16H,8-11,13H2,1-2H3,(H,24,28)(H,25,26). The lowest BCUT2D eigenvalue weighted by Gasteiger charge is -2.30. The van der Waals surface area contributed by atoms with Crippen LogP contribution < -0.4 is 5.32 Å². The first kappa shape index (κ1) is 19.0. The number of H-pyrrole nitrogens is 1. The Morgan fingerprint density at radius 1 is 1.25 bits per heavy atom. The van der Waals surface area contributed by atoms with Gasteiger partial charge in [0.25, 0.3) is 0 Å². The van der Waals surface area contributed by atoms with E-state index in [0.717, 1.165) is 54.0 Å². The number of nitrogens with zero attached hydrogens (tertiary/aromatic N) is 2. The summed E-state index contributed by atoms with van der Waals surface area (Å²) in [6, 6.07) is 11.7. The van der Waals surface area contributed by atoms with Crippen LogP contribution in [0.2, 0.25) is 5.02 Å². The smallest absolute Gasteiger partial charge is 0.238 e. The number of carbonyl (C=O) groups excluding carboxylic acids is 1. The van der Waals surface area contributed by atoms with Gasteiger partial charge in [-0.05, 0) is 75.2 Å². The predicted molar refractivity (Wildman–Crippen MR) is 114 cm³/mol. The number of aromatic nitrogens is 2. The van der Waals surface area contributed by atoms with Crippen molar-refractivity contribution < 1.29 is 4.79 Å². The third kappa shape index (κ3) is 4.05. The molecule has 1 saturated heterocycles. The Kier molecular flexibility index (Phi) is 5.38. The minimum absolute atomic E-state index is 0.0468. The first-order valence-electron chi connectivity index (χ1n) is 9.73. The van der Waals surface area contributed by atoms with Crippen LogP contribution in [0.5, 0.6) is 0 Å². The second-order valence-electron chi connectivity index (χ2n) is 7.63. The van der Waals surface area contributed by atoms with Crippen LogP contribution in [0.1, 0.15) is 35.7 Å². The van der Waals surface area contributed by atoms with Crippen LogP contribution in [-0.4, -0.2) is 40.4 Å². The van der Waals surface area contributed by atoms with Gasteiger partial charge in [0.1, 0.15) is 5.82 Å². The summed E-state index contributed by atoms with van der Waals surface area (Å²) in [5, 5.41) is 3.77. The molecule has 2 heterocycles. The summed E-state index contributed by atoms with van der Waals surface area (Å²) < 4.78 is 0. The molecule has 6 heteroatoms. The largest absolute Gasteiger partial charge is 0.342 e. The van der Waals surface area contributed by atoms with E-state index in [1.54, 1.807) is 0 Å². The van der Waals surface area contributed by atoms with Crippen LogP contribution >= 0.6 is 11.6 Å². The van der Waals surface area contributed by atoms with Gasteiger partial charge in [0, 0.05) is 16.6 Å². The van der Waals surface area contributed by atoms with Gasteiger partial charge >= 0.3 is 0 Å². The minimum Gasteiger partial charge on any atom is -0.342 e. The van der Waals surface area contributed by atoms with Crippen LogP contribution in [0.15, 0.2) is 36.4 Å². The first-order chi connectivity index (χ1) is 13.5. The average Bonchev–Trinajstić information content (AvgIpc) is 3.09. The molecule has 2 N–H and O–H groups in total. The number of likely N-dealkylation sites (tertiary alicyclic amines) is 1. The van der Waals surface area contributed by atoms with Gasteiger partial charge < -0.3 is 10.3 Å². The molecule has 0 unspecified atom stereocenters. The van der Waals surface area contributed by atoms with E-state index in [1.807, 2.05) is 37.3 Å². The fourth-order valence-electron chi connectivity index (χ4n) is 3.84. The Labute approximate surface area is 170 Å². The number of aryl methyl sites for hydroxylation is 1. The lowest BCUT2D eigenvalue weighted by Crippen LogP contribution is -2.39. The highest BCUT2D eigenvalue weighted by molar-refractivity contribution is 6.31. The summed E-state index contributed by atoms with van der Waals surface area (Å²) >= 11 is 6.07. The van der Waals surface area contributed by atoms with E-state index in [9.17, 15) is 4.79 Å². The zero-order chi connectivity index (χ0) is 19.7. The number of halogens is 1. The molecular weight excluding hydrogens is 372 g/mol. The van der Waals surface area contributed by atoms with Gasteiger partial charge in [0.2, 0.25) is 5.91 Å².